The van der Waals surface area contributed by atoms with E-state index in [1.165, 1.54) is 12.8 Å². The summed E-state index contributed by atoms with van der Waals surface area (Å²) in [7, 11) is 0. The molecule has 0 aliphatic heterocycles. The topological polar surface area (TPSA) is 35.2 Å². The molecule has 2 N–H and O–H groups in total. The third-order valence-corrected chi connectivity index (χ3v) is 2.77. The van der Waals surface area contributed by atoms with Crippen molar-refractivity contribution >= 4 is 0 Å². The van der Waals surface area contributed by atoms with Crippen LogP contribution >= 0.6 is 0 Å². The van der Waals surface area contributed by atoms with Gasteiger partial charge in [0.1, 0.15) is 0 Å². The van der Waals surface area contributed by atoms with Crippen molar-refractivity contribution in [2.24, 2.45) is 11.7 Å². The smallest absolute Gasteiger partial charge is 0.0480 e. The first-order valence-corrected chi connectivity index (χ1v) is 6.07. The molecule has 0 heterocycles. The van der Waals surface area contributed by atoms with E-state index >= 15 is 0 Å². The van der Waals surface area contributed by atoms with E-state index in [0.717, 1.165) is 38.4 Å². The van der Waals surface area contributed by atoms with Crippen molar-refractivity contribution in [2.45, 2.75) is 58.9 Å². The Bertz CT molecular complexity index is 113. The number of nitrogens with two attached hydrogens (primary N) is 1. The molecule has 0 amide bonds. The molecule has 0 radical (unpaired) electrons. The zero-order chi connectivity index (χ0) is 10.8. The maximum Gasteiger partial charge on any atom is 0.0480 e. The highest BCUT2D eigenvalue weighted by atomic mass is 16.5. The van der Waals surface area contributed by atoms with Crippen LogP contribution in [0.25, 0.3) is 0 Å². The Morgan fingerprint density at radius 3 is 2.21 bits per heavy atom. The van der Waals surface area contributed by atoms with E-state index in [9.17, 15) is 0 Å². The molecule has 0 fully saturated rings. The fraction of sp³-hybridized carbons (Fsp3) is 1.00. The third kappa shape index (κ3) is 7.34. The van der Waals surface area contributed by atoms with E-state index in [-0.39, 0.29) is 0 Å². The average Bonchev–Trinajstić information content (AvgIpc) is 2.21. The lowest BCUT2D eigenvalue weighted by molar-refractivity contribution is 0.125. The molecule has 0 aliphatic rings. The van der Waals surface area contributed by atoms with Crippen LogP contribution in [0, 0.1) is 5.92 Å². The summed E-state index contributed by atoms with van der Waals surface area (Å²) in [6.07, 6.45) is 5.76. The van der Waals surface area contributed by atoms with E-state index < -0.39 is 0 Å². The summed E-state index contributed by atoms with van der Waals surface area (Å²) in [5.74, 6) is 0.802. The van der Waals surface area contributed by atoms with Gasteiger partial charge in [0.25, 0.3) is 0 Å². The molecule has 0 aromatic rings. The summed E-state index contributed by atoms with van der Waals surface area (Å²) in [5, 5.41) is 0. The predicted octanol–water partition coefficient (Wildman–Crippen LogP) is 2.96. The Kier molecular flexibility index (Phi) is 9.42. The van der Waals surface area contributed by atoms with Crippen LogP contribution in [0.4, 0.5) is 0 Å². The van der Waals surface area contributed by atoms with Crippen molar-refractivity contribution in [3.63, 3.8) is 0 Å². The zero-order valence-electron chi connectivity index (χ0n) is 10.1. The molecule has 0 saturated heterocycles. The molecular weight excluding hydrogens is 174 g/mol. The van der Waals surface area contributed by atoms with Gasteiger partial charge in [-0.3, -0.25) is 0 Å². The van der Waals surface area contributed by atoms with Gasteiger partial charge >= 0.3 is 0 Å². The Balaban J connectivity index is 3.38. The standard InChI is InChI=1S/C12H27NO/c1-4-8-14-9-7-12(13)10-11(5-2)6-3/h11-12H,4-10,13H2,1-3H3. The van der Waals surface area contributed by atoms with Crippen LogP contribution in [-0.4, -0.2) is 19.3 Å². The fourth-order valence-electron chi connectivity index (χ4n) is 1.65. The first-order chi connectivity index (χ1) is 6.74. The lowest BCUT2D eigenvalue weighted by atomic mass is 9.94. The lowest BCUT2D eigenvalue weighted by Crippen LogP contribution is -2.25. The van der Waals surface area contributed by atoms with Gasteiger partial charge in [0, 0.05) is 19.3 Å². The van der Waals surface area contributed by atoms with Crippen molar-refractivity contribution in [2.75, 3.05) is 13.2 Å². The molecule has 2 heteroatoms. The Hall–Kier alpha value is -0.0800. The molecule has 1 unspecified atom stereocenters. The first kappa shape index (κ1) is 13.9. The summed E-state index contributed by atoms with van der Waals surface area (Å²) < 4.78 is 5.42. The molecule has 2 nitrogen and oxygen atoms in total. The van der Waals surface area contributed by atoms with Gasteiger partial charge < -0.3 is 10.5 Å². The highest BCUT2D eigenvalue weighted by Crippen LogP contribution is 2.15. The molecule has 0 aromatic carbocycles. The molecule has 0 aliphatic carbocycles. The van der Waals surface area contributed by atoms with E-state index in [2.05, 4.69) is 20.8 Å². The summed E-state index contributed by atoms with van der Waals surface area (Å²) in [6.45, 7) is 8.32. The van der Waals surface area contributed by atoms with Gasteiger partial charge in [-0.15, -0.1) is 0 Å². The van der Waals surface area contributed by atoms with Crippen molar-refractivity contribution in [1.82, 2.24) is 0 Å². The van der Waals surface area contributed by atoms with Crippen molar-refractivity contribution in [3.8, 4) is 0 Å². The minimum atomic E-state index is 0.330. The maximum absolute atomic E-state index is 6.03. The first-order valence-electron chi connectivity index (χ1n) is 6.07. The summed E-state index contributed by atoms with van der Waals surface area (Å²) in [6, 6.07) is 0.330. The fourth-order valence-corrected chi connectivity index (χ4v) is 1.65. The van der Waals surface area contributed by atoms with Crippen molar-refractivity contribution in [3.05, 3.63) is 0 Å². The van der Waals surface area contributed by atoms with E-state index in [1.807, 2.05) is 0 Å². The predicted molar refractivity (Wildman–Crippen MR) is 62.4 cm³/mol. The van der Waals surface area contributed by atoms with Gasteiger partial charge in [-0.25, -0.2) is 0 Å². The molecule has 0 aromatic heterocycles. The van der Waals surface area contributed by atoms with E-state index in [4.69, 9.17) is 10.5 Å². The highest BCUT2D eigenvalue weighted by molar-refractivity contribution is 4.66. The molecule has 86 valence electrons. The maximum atomic E-state index is 6.03. The summed E-state index contributed by atoms with van der Waals surface area (Å²) in [5.41, 5.74) is 6.03. The van der Waals surface area contributed by atoms with Gasteiger partial charge in [-0.1, -0.05) is 33.6 Å². The largest absolute Gasteiger partial charge is 0.381 e. The van der Waals surface area contributed by atoms with Crippen LogP contribution in [0.3, 0.4) is 0 Å². The van der Waals surface area contributed by atoms with Gasteiger partial charge in [-0.2, -0.15) is 0 Å². The Morgan fingerprint density at radius 1 is 1.07 bits per heavy atom. The number of ether oxygens (including phenoxy) is 1. The summed E-state index contributed by atoms with van der Waals surface area (Å²) in [4.78, 5) is 0. The normalized spacial score (nSPS) is 13.5. The van der Waals surface area contributed by atoms with Gasteiger partial charge in [0.05, 0.1) is 0 Å². The monoisotopic (exact) mass is 201 g/mol. The lowest BCUT2D eigenvalue weighted by Gasteiger charge is -2.18. The zero-order valence-corrected chi connectivity index (χ0v) is 10.1. The minimum Gasteiger partial charge on any atom is -0.381 e. The minimum absolute atomic E-state index is 0.330. The highest BCUT2D eigenvalue weighted by Gasteiger charge is 2.09. The molecule has 0 saturated carbocycles. The van der Waals surface area contributed by atoms with Gasteiger partial charge in [0.15, 0.2) is 0 Å². The van der Waals surface area contributed by atoms with Gasteiger partial charge in [0.2, 0.25) is 0 Å². The van der Waals surface area contributed by atoms with Crippen LogP contribution in [0.2, 0.25) is 0 Å². The molecular formula is C12H27NO. The molecule has 14 heavy (non-hydrogen) atoms. The van der Waals surface area contributed by atoms with Crippen LogP contribution < -0.4 is 5.73 Å². The number of rotatable bonds is 9. The second-order valence-corrected chi connectivity index (χ2v) is 4.08. The van der Waals surface area contributed by atoms with E-state index in [0.29, 0.717) is 6.04 Å². The number of hydrogen-bond donors (Lipinski definition) is 1. The number of hydrogen-bond acceptors (Lipinski definition) is 2. The van der Waals surface area contributed by atoms with Crippen LogP contribution in [0.1, 0.15) is 52.9 Å². The molecule has 0 bridgehead atoms. The quantitative estimate of drug-likeness (QED) is 0.582. The van der Waals surface area contributed by atoms with Crippen LogP contribution in [-0.2, 0) is 4.74 Å². The SMILES string of the molecule is CCCOCCC(N)CC(CC)CC. The Morgan fingerprint density at radius 2 is 1.71 bits per heavy atom. The van der Waals surface area contributed by atoms with Crippen molar-refractivity contribution in [1.29, 1.82) is 0 Å². The molecule has 0 spiro atoms. The second-order valence-electron chi connectivity index (χ2n) is 4.08. The second kappa shape index (κ2) is 9.47. The van der Waals surface area contributed by atoms with Crippen molar-refractivity contribution < 1.29 is 4.74 Å². The van der Waals surface area contributed by atoms with Crippen LogP contribution in [0.5, 0.6) is 0 Å². The molecule has 1 atom stereocenters. The average molecular weight is 201 g/mol. The van der Waals surface area contributed by atoms with E-state index in [1.54, 1.807) is 0 Å². The van der Waals surface area contributed by atoms with Crippen LogP contribution in [0.15, 0.2) is 0 Å². The Labute approximate surface area is 89.2 Å². The third-order valence-electron chi connectivity index (χ3n) is 2.77. The van der Waals surface area contributed by atoms with Gasteiger partial charge in [-0.05, 0) is 25.2 Å². The molecule has 0 rings (SSSR count). The summed E-state index contributed by atoms with van der Waals surface area (Å²) >= 11 is 0.